The number of ether oxygens (including phenoxy) is 2. The van der Waals surface area contributed by atoms with Crippen LogP contribution >= 0.6 is 28.4 Å². The van der Waals surface area contributed by atoms with Crippen molar-refractivity contribution < 1.29 is 14.6 Å². The number of fused-ring (bicyclic) bond motifs is 3. The average molecular weight is 540 g/mol. The Morgan fingerprint density at radius 2 is 1.97 bits per heavy atom. The number of morpholine rings is 1. The highest BCUT2D eigenvalue weighted by Crippen LogP contribution is 2.38. The van der Waals surface area contributed by atoms with Gasteiger partial charge >= 0.3 is 0 Å². The van der Waals surface area contributed by atoms with Crippen LogP contribution in [0.25, 0.3) is 16.9 Å². The first kappa shape index (κ1) is 19.4. The summed E-state index contributed by atoms with van der Waals surface area (Å²) in [5, 5.41) is 20.6. The van der Waals surface area contributed by atoms with E-state index in [2.05, 4.69) is 37.1 Å². The number of rotatable bonds is 4. The maximum Gasteiger partial charge on any atom is 0.167 e. The summed E-state index contributed by atoms with van der Waals surface area (Å²) in [5.41, 5.74) is 2.45. The fourth-order valence-electron chi connectivity index (χ4n) is 4.71. The van der Waals surface area contributed by atoms with Gasteiger partial charge in [0, 0.05) is 57.8 Å². The molecule has 0 spiro atoms. The van der Waals surface area contributed by atoms with E-state index in [9.17, 15) is 5.11 Å². The highest BCUT2D eigenvalue weighted by molar-refractivity contribution is 14.2. The molecule has 3 unspecified atom stereocenters. The van der Waals surface area contributed by atoms with Crippen LogP contribution in [0.1, 0.15) is 25.0 Å². The minimum atomic E-state index is -0.988. The summed E-state index contributed by atoms with van der Waals surface area (Å²) in [6.07, 6.45) is 6.89. The maximum atomic E-state index is 11.5. The van der Waals surface area contributed by atoms with Gasteiger partial charge in [-0.3, -0.25) is 0 Å². The second-order valence-electron chi connectivity index (χ2n) is 8.17. The van der Waals surface area contributed by atoms with Crippen LogP contribution in [0.2, 0.25) is 0 Å². The molecule has 1 N–H and O–H groups in total. The number of halogens is 1. The lowest BCUT2D eigenvalue weighted by Gasteiger charge is -2.47. The molecule has 11 heteroatoms. The molecular weight excluding hydrogens is 518 g/mol. The lowest BCUT2D eigenvalue weighted by molar-refractivity contribution is -0.133. The lowest BCUT2D eigenvalue weighted by Crippen LogP contribution is -2.57. The molecule has 7 rings (SSSR count). The Bertz CT molecular complexity index is 1080. The molecule has 3 aromatic heterocycles. The maximum absolute atomic E-state index is 11.5. The van der Waals surface area contributed by atoms with Crippen molar-refractivity contribution in [1.82, 2.24) is 24.1 Å². The summed E-state index contributed by atoms with van der Waals surface area (Å²) in [4.78, 5) is 7.30. The molecule has 7 heterocycles. The van der Waals surface area contributed by atoms with E-state index in [1.165, 1.54) is 0 Å². The fraction of sp³-hybridized carbons (Fsp3) is 0.526. The van der Waals surface area contributed by atoms with Crippen molar-refractivity contribution in [2.75, 3.05) is 31.2 Å². The molecule has 0 amide bonds. The Hall–Kier alpha value is -1.33. The molecule has 158 valence electrons. The molecular formula is C19H22IN6O3P. The third kappa shape index (κ3) is 3.07. The monoisotopic (exact) mass is 540 g/mol. The van der Waals surface area contributed by atoms with Gasteiger partial charge in [-0.15, -0.1) is 0 Å². The number of aromatic nitrogens is 5. The molecule has 0 aromatic carbocycles. The van der Waals surface area contributed by atoms with E-state index >= 15 is 0 Å². The van der Waals surface area contributed by atoms with E-state index in [-0.39, 0.29) is 12.2 Å². The molecule has 3 atom stereocenters. The second kappa shape index (κ2) is 7.37. The number of anilines is 1. The molecule has 4 fully saturated rings. The van der Waals surface area contributed by atoms with E-state index in [1.54, 1.807) is 10.7 Å². The van der Waals surface area contributed by atoms with Crippen LogP contribution in [0.3, 0.4) is 0 Å². The highest BCUT2D eigenvalue weighted by atomic mass is 127. The van der Waals surface area contributed by atoms with E-state index in [0.29, 0.717) is 32.4 Å². The summed E-state index contributed by atoms with van der Waals surface area (Å²) in [6.45, 7) is 2.73. The predicted octanol–water partition coefficient (Wildman–Crippen LogP) is 2.36. The van der Waals surface area contributed by atoms with Gasteiger partial charge in [0.2, 0.25) is 0 Å². The zero-order chi connectivity index (χ0) is 20.3. The zero-order valence-electron chi connectivity index (χ0n) is 16.2. The number of nitrogens with zero attached hydrogens (tertiary/aromatic N) is 6. The largest absolute Gasteiger partial charge is 0.383 e. The minimum Gasteiger partial charge on any atom is -0.383 e. The van der Waals surface area contributed by atoms with Gasteiger partial charge in [0.1, 0.15) is 11.4 Å². The van der Waals surface area contributed by atoms with Crippen molar-refractivity contribution >= 4 is 39.9 Å². The van der Waals surface area contributed by atoms with Crippen LogP contribution in [0.15, 0.2) is 24.5 Å². The Morgan fingerprint density at radius 3 is 2.70 bits per heavy atom. The van der Waals surface area contributed by atoms with Crippen LogP contribution in [0.5, 0.6) is 0 Å². The van der Waals surface area contributed by atoms with Gasteiger partial charge in [-0.25, -0.2) is 14.0 Å². The Kier molecular flexibility index (Phi) is 4.76. The number of piperidine rings is 1. The van der Waals surface area contributed by atoms with Gasteiger partial charge in [-0.05, 0) is 28.1 Å². The SMILES string of the molecule is OC1(c2cc(N3CC4CC(C3)O4)nc3c(-c4ccnn4PI)cnn23)CCOCC1. The molecule has 2 bridgehead atoms. The van der Waals surface area contributed by atoms with Crippen LogP contribution < -0.4 is 4.90 Å². The number of hydrogen-bond acceptors (Lipinski definition) is 7. The lowest BCUT2D eigenvalue weighted by atomic mass is 9.90. The number of hydrogen-bond donors (Lipinski definition) is 1. The summed E-state index contributed by atoms with van der Waals surface area (Å²) >= 11 is 2.32. The van der Waals surface area contributed by atoms with Crippen LogP contribution in [0, 0.1) is 0 Å². The Balaban J connectivity index is 1.53. The predicted molar refractivity (Wildman–Crippen MR) is 121 cm³/mol. The molecule has 4 aliphatic heterocycles. The second-order valence-corrected chi connectivity index (χ2v) is 10.2. The van der Waals surface area contributed by atoms with Crippen molar-refractivity contribution in [2.45, 2.75) is 37.1 Å². The van der Waals surface area contributed by atoms with Gasteiger partial charge in [0.05, 0.1) is 41.7 Å². The first-order valence-corrected chi connectivity index (χ1v) is 14.2. The standard InChI is InChI=1S/C19H22IN6O3P/c20-30-26-15(1-4-21-26)14-9-22-25-16(19(27)2-5-28-6-3-19)8-17(23-18(14)25)24-10-12-7-13(11-24)29-12/h1,4,8-9,12-13,27,30H,2-3,5-7,10-11H2. The van der Waals surface area contributed by atoms with Gasteiger partial charge in [-0.2, -0.15) is 10.2 Å². The first-order chi connectivity index (χ1) is 14.6. The molecule has 0 aliphatic carbocycles. The van der Waals surface area contributed by atoms with E-state index < -0.39 is 5.60 Å². The summed E-state index contributed by atoms with van der Waals surface area (Å²) < 4.78 is 15.1. The molecule has 0 saturated carbocycles. The average Bonchev–Trinajstić information content (AvgIpc) is 3.39. The third-order valence-corrected chi connectivity index (χ3v) is 8.22. The summed E-state index contributed by atoms with van der Waals surface area (Å²) in [5.74, 6) is 0.875. The smallest absolute Gasteiger partial charge is 0.167 e. The Labute approximate surface area is 188 Å². The first-order valence-electron chi connectivity index (χ1n) is 10.2. The molecule has 30 heavy (non-hydrogen) atoms. The summed E-state index contributed by atoms with van der Waals surface area (Å²) in [7, 11) is 0. The zero-order valence-corrected chi connectivity index (χ0v) is 19.4. The van der Waals surface area contributed by atoms with Crippen molar-refractivity contribution in [2.24, 2.45) is 0 Å². The van der Waals surface area contributed by atoms with Gasteiger partial charge in [0.25, 0.3) is 0 Å². The molecule has 0 radical (unpaired) electrons. The quantitative estimate of drug-likeness (QED) is 0.402. The Morgan fingerprint density at radius 1 is 1.20 bits per heavy atom. The molecule has 4 aliphatic rings. The van der Waals surface area contributed by atoms with Crippen LogP contribution in [-0.2, 0) is 15.1 Å². The molecule has 3 aromatic rings. The molecule has 9 nitrogen and oxygen atoms in total. The van der Waals surface area contributed by atoms with E-state index in [1.807, 2.05) is 22.8 Å². The van der Waals surface area contributed by atoms with Gasteiger partial charge in [-0.1, -0.05) is 0 Å². The van der Waals surface area contributed by atoms with Crippen molar-refractivity contribution in [3.63, 3.8) is 0 Å². The third-order valence-electron chi connectivity index (χ3n) is 6.34. The number of aliphatic hydroxyl groups is 1. The van der Waals surface area contributed by atoms with Gasteiger partial charge < -0.3 is 19.5 Å². The van der Waals surface area contributed by atoms with E-state index in [4.69, 9.17) is 14.5 Å². The fourth-order valence-corrected chi connectivity index (χ4v) is 6.26. The van der Waals surface area contributed by atoms with Crippen LogP contribution in [0.4, 0.5) is 5.82 Å². The highest BCUT2D eigenvalue weighted by Gasteiger charge is 2.40. The summed E-state index contributed by atoms with van der Waals surface area (Å²) in [6, 6.07) is 4.00. The van der Waals surface area contributed by atoms with Crippen molar-refractivity contribution in [3.05, 3.63) is 30.2 Å². The molecule has 4 saturated heterocycles. The minimum absolute atomic E-state index is 0.280. The van der Waals surface area contributed by atoms with E-state index in [0.717, 1.165) is 47.9 Å². The topological polar surface area (TPSA) is 89.9 Å². The normalized spacial score (nSPS) is 25.9. The van der Waals surface area contributed by atoms with Crippen molar-refractivity contribution in [1.29, 1.82) is 0 Å². The van der Waals surface area contributed by atoms with Gasteiger partial charge in [0.15, 0.2) is 5.65 Å². The van der Waals surface area contributed by atoms with Crippen LogP contribution in [-0.4, -0.2) is 67.8 Å². The van der Waals surface area contributed by atoms with Crippen molar-refractivity contribution in [3.8, 4) is 11.3 Å².